The molecular weight excluding hydrogens is 424 g/mol. The molecule has 0 amide bonds. The van der Waals surface area contributed by atoms with E-state index >= 15 is 0 Å². The fourth-order valence-corrected chi connectivity index (χ4v) is 4.49. The van der Waals surface area contributed by atoms with Gasteiger partial charge in [0.25, 0.3) is 0 Å². The second-order valence-electron chi connectivity index (χ2n) is 7.29. The number of Topliss-reactive ketones (excluding diaryl/α,β-unsaturated/α-hetero) is 2. The molecule has 0 aromatic heterocycles. The molecule has 142 valence electrons. The number of halogens is 2. The first-order chi connectivity index (χ1) is 13.1. The molecule has 27 heavy (non-hydrogen) atoms. The summed E-state index contributed by atoms with van der Waals surface area (Å²) in [4.78, 5) is 25.9. The van der Waals surface area contributed by atoms with Crippen molar-refractivity contribution < 1.29 is 9.59 Å². The summed E-state index contributed by atoms with van der Waals surface area (Å²) in [5, 5.41) is 0.473. The molecule has 0 bridgehead atoms. The maximum absolute atomic E-state index is 13.0. The summed E-state index contributed by atoms with van der Waals surface area (Å²) in [5.74, 6) is 0.100. The van der Waals surface area contributed by atoms with E-state index in [1.165, 1.54) is 0 Å². The van der Waals surface area contributed by atoms with E-state index < -0.39 is 0 Å². The number of carbonyl (C=O) groups is 2. The highest BCUT2D eigenvalue weighted by molar-refractivity contribution is 9.10. The van der Waals surface area contributed by atoms with Crippen molar-refractivity contribution in [1.82, 2.24) is 0 Å². The van der Waals surface area contributed by atoms with Gasteiger partial charge in [0, 0.05) is 34.7 Å². The first-order valence-electron chi connectivity index (χ1n) is 9.62. The maximum Gasteiger partial charge on any atom is 0.165 e. The average Bonchev–Trinajstić information content (AvgIpc) is 2.65. The molecule has 0 unspecified atom stereocenters. The van der Waals surface area contributed by atoms with Gasteiger partial charge in [-0.25, -0.2) is 0 Å². The lowest BCUT2D eigenvalue weighted by molar-refractivity contribution is -0.124. The smallest absolute Gasteiger partial charge is 0.165 e. The number of carbonyl (C=O) groups excluding carboxylic acids is 2. The van der Waals surface area contributed by atoms with Crippen molar-refractivity contribution in [2.75, 3.05) is 0 Å². The van der Waals surface area contributed by atoms with Crippen LogP contribution in [0.15, 0.2) is 53.0 Å². The van der Waals surface area contributed by atoms with Crippen LogP contribution in [0, 0.1) is 5.92 Å². The van der Waals surface area contributed by atoms with Crippen LogP contribution < -0.4 is 0 Å². The molecule has 0 spiro atoms. The third kappa shape index (κ3) is 5.30. The standard InChI is InChI=1S/C23H24BrClO2/c24-17-13-11-16(12-14-17)20(18-7-3-1-2-4-10-22(18)26)15-23(27)19-8-5-6-9-21(19)25/h5-6,8-9,11-14,18,20H,1-4,7,10,15H2/t18-,20-/m0/s1. The predicted octanol–water partition coefficient (Wildman–Crippen LogP) is 7.00. The molecule has 2 aromatic carbocycles. The Morgan fingerprint density at radius 3 is 2.48 bits per heavy atom. The van der Waals surface area contributed by atoms with Gasteiger partial charge in [-0.05, 0) is 42.7 Å². The van der Waals surface area contributed by atoms with E-state index in [0.717, 1.165) is 42.1 Å². The third-order valence-corrected chi connectivity index (χ3v) is 6.32. The van der Waals surface area contributed by atoms with Crippen LogP contribution in [0.25, 0.3) is 0 Å². The minimum atomic E-state index is -0.104. The van der Waals surface area contributed by atoms with Crippen LogP contribution in [-0.4, -0.2) is 11.6 Å². The normalized spacial score (nSPS) is 19.2. The maximum atomic E-state index is 13.0. The highest BCUT2D eigenvalue weighted by atomic mass is 79.9. The Hall–Kier alpha value is -1.45. The van der Waals surface area contributed by atoms with Crippen LogP contribution in [0.2, 0.25) is 5.02 Å². The summed E-state index contributed by atoms with van der Waals surface area (Å²) in [6, 6.07) is 15.2. The Kier molecular flexibility index (Phi) is 7.26. The first-order valence-corrected chi connectivity index (χ1v) is 10.8. The Balaban J connectivity index is 1.91. The zero-order valence-corrected chi connectivity index (χ0v) is 17.6. The molecule has 0 N–H and O–H groups in total. The van der Waals surface area contributed by atoms with Gasteiger partial charge in [0.2, 0.25) is 0 Å². The molecule has 1 fully saturated rings. The van der Waals surface area contributed by atoms with Gasteiger partial charge in [-0.2, -0.15) is 0 Å². The van der Waals surface area contributed by atoms with Crippen molar-refractivity contribution >= 4 is 39.1 Å². The van der Waals surface area contributed by atoms with Crippen LogP contribution in [0.1, 0.15) is 66.8 Å². The van der Waals surface area contributed by atoms with Crippen molar-refractivity contribution in [3.63, 3.8) is 0 Å². The molecule has 0 heterocycles. The van der Waals surface area contributed by atoms with Gasteiger partial charge in [0.15, 0.2) is 5.78 Å². The van der Waals surface area contributed by atoms with E-state index in [1.807, 2.05) is 36.4 Å². The summed E-state index contributed by atoms with van der Waals surface area (Å²) < 4.78 is 0.992. The number of hydrogen-bond donors (Lipinski definition) is 0. The Morgan fingerprint density at radius 1 is 1.04 bits per heavy atom. The Bertz CT molecular complexity index is 800. The number of benzene rings is 2. The Morgan fingerprint density at radius 2 is 1.74 bits per heavy atom. The summed E-state index contributed by atoms with van der Waals surface area (Å²) in [5.41, 5.74) is 1.59. The van der Waals surface area contributed by atoms with Gasteiger partial charge >= 0.3 is 0 Å². The third-order valence-electron chi connectivity index (χ3n) is 5.47. The molecule has 0 radical (unpaired) electrons. The van der Waals surface area contributed by atoms with Crippen molar-refractivity contribution in [3.8, 4) is 0 Å². The summed E-state index contributed by atoms with van der Waals surface area (Å²) >= 11 is 9.71. The molecule has 2 nitrogen and oxygen atoms in total. The van der Waals surface area contributed by atoms with Crippen molar-refractivity contribution in [2.45, 2.75) is 50.9 Å². The van der Waals surface area contributed by atoms with Gasteiger partial charge in [-0.1, -0.05) is 71.1 Å². The number of rotatable bonds is 5. The zero-order chi connectivity index (χ0) is 19.2. The van der Waals surface area contributed by atoms with Gasteiger partial charge in [-0.3, -0.25) is 9.59 Å². The molecule has 1 aliphatic carbocycles. The van der Waals surface area contributed by atoms with Crippen LogP contribution in [0.3, 0.4) is 0 Å². The molecule has 3 rings (SSSR count). The summed E-state index contributed by atoms with van der Waals surface area (Å²) in [6.45, 7) is 0. The van der Waals surface area contributed by atoms with Crippen LogP contribution >= 0.6 is 27.5 Å². The summed E-state index contributed by atoms with van der Waals surface area (Å²) in [6.07, 6.45) is 6.08. The van der Waals surface area contributed by atoms with Crippen molar-refractivity contribution in [2.24, 2.45) is 5.92 Å². The van der Waals surface area contributed by atoms with E-state index in [9.17, 15) is 9.59 Å². The second-order valence-corrected chi connectivity index (χ2v) is 8.61. The fraction of sp³-hybridized carbons (Fsp3) is 0.391. The largest absolute Gasteiger partial charge is 0.299 e. The lowest BCUT2D eigenvalue weighted by Gasteiger charge is -2.28. The van der Waals surface area contributed by atoms with E-state index in [-0.39, 0.29) is 17.6 Å². The summed E-state index contributed by atoms with van der Waals surface area (Å²) in [7, 11) is 0. The topological polar surface area (TPSA) is 34.1 Å². The molecule has 1 aliphatic rings. The van der Waals surface area contributed by atoms with Gasteiger partial charge in [-0.15, -0.1) is 0 Å². The quantitative estimate of drug-likeness (QED) is 0.462. The van der Waals surface area contributed by atoms with E-state index in [1.54, 1.807) is 12.1 Å². The van der Waals surface area contributed by atoms with E-state index in [0.29, 0.717) is 29.2 Å². The minimum Gasteiger partial charge on any atom is -0.299 e. The molecule has 2 atom stereocenters. The number of ketones is 2. The molecule has 2 aromatic rings. The van der Waals surface area contributed by atoms with Crippen molar-refractivity contribution in [1.29, 1.82) is 0 Å². The molecular formula is C23H24BrClO2. The van der Waals surface area contributed by atoms with Crippen LogP contribution in [0.4, 0.5) is 0 Å². The van der Waals surface area contributed by atoms with Crippen molar-refractivity contribution in [3.05, 3.63) is 69.2 Å². The van der Waals surface area contributed by atoms with Gasteiger partial charge in [0.1, 0.15) is 5.78 Å². The average molecular weight is 448 g/mol. The Labute approximate surface area is 174 Å². The molecule has 0 aliphatic heterocycles. The lowest BCUT2D eigenvalue weighted by atomic mass is 9.75. The molecule has 1 saturated carbocycles. The monoisotopic (exact) mass is 446 g/mol. The fourth-order valence-electron chi connectivity index (χ4n) is 3.99. The lowest BCUT2D eigenvalue weighted by Crippen LogP contribution is -2.26. The first kappa shape index (κ1) is 20.3. The molecule has 0 saturated heterocycles. The van der Waals surface area contributed by atoms with Gasteiger partial charge in [0.05, 0.1) is 5.02 Å². The SMILES string of the molecule is O=C(C[C@@H](c1ccc(Br)cc1)[C@@H]1CCCCCCC1=O)c1ccccc1Cl. The minimum absolute atomic E-state index is 0.00313. The molecule has 4 heteroatoms. The van der Waals surface area contributed by atoms with Gasteiger partial charge < -0.3 is 0 Å². The highest BCUT2D eigenvalue weighted by Gasteiger charge is 2.31. The van der Waals surface area contributed by atoms with E-state index in [4.69, 9.17) is 11.6 Å². The van der Waals surface area contributed by atoms with Crippen LogP contribution in [-0.2, 0) is 4.79 Å². The number of hydrogen-bond acceptors (Lipinski definition) is 2. The zero-order valence-electron chi connectivity index (χ0n) is 15.3. The van der Waals surface area contributed by atoms with E-state index in [2.05, 4.69) is 15.9 Å². The van der Waals surface area contributed by atoms with Crippen LogP contribution in [0.5, 0.6) is 0 Å². The predicted molar refractivity (Wildman–Crippen MR) is 113 cm³/mol. The second kappa shape index (κ2) is 9.66. The highest BCUT2D eigenvalue weighted by Crippen LogP contribution is 2.37.